The van der Waals surface area contributed by atoms with Crippen LogP contribution in [0.4, 0.5) is 5.69 Å². The van der Waals surface area contributed by atoms with Crippen molar-refractivity contribution in [2.45, 2.75) is 19.6 Å². The lowest BCUT2D eigenvalue weighted by molar-refractivity contribution is 0.0671. The first-order valence-corrected chi connectivity index (χ1v) is 9.13. The molecular formula is C20H26N4O. The molecule has 132 valence electrons. The number of anilines is 1. The van der Waals surface area contributed by atoms with Crippen LogP contribution in [0.15, 0.2) is 47.1 Å². The van der Waals surface area contributed by atoms with Crippen molar-refractivity contribution in [3.63, 3.8) is 0 Å². The summed E-state index contributed by atoms with van der Waals surface area (Å²) in [4.78, 5) is 12.7. The molecule has 5 heteroatoms. The molecule has 1 fully saturated rings. The third-order valence-electron chi connectivity index (χ3n) is 5.07. The molecule has 1 N–H and O–H groups in total. The van der Waals surface area contributed by atoms with Gasteiger partial charge >= 0.3 is 0 Å². The molecule has 5 nitrogen and oxygen atoms in total. The van der Waals surface area contributed by atoms with Crippen LogP contribution in [0.25, 0.3) is 10.9 Å². The highest BCUT2D eigenvalue weighted by Crippen LogP contribution is 2.26. The molecule has 0 amide bonds. The quantitative estimate of drug-likeness (QED) is 0.852. The van der Waals surface area contributed by atoms with E-state index in [0.717, 1.165) is 45.8 Å². The lowest BCUT2D eigenvalue weighted by Crippen LogP contribution is -2.47. The van der Waals surface area contributed by atoms with E-state index in [1.54, 1.807) is 0 Å². The van der Waals surface area contributed by atoms with E-state index in [1.165, 1.54) is 22.2 Å². The van der Waals surface area contributed by atoms with Gasteiger partial charge in [0.25, 0.3) is 0 Å². The van der Waals surface area contributed by atoms with Gasteiger partial charge < -0.3 is 14.6 Å². The molecule has 1 saturated heterocycles. The van der Waals surface area contributed by atoms with Crippen LogP contribution in [-0.2, 0) is 4.74 Å². The standard InChI is InChI=1S/C20H26N4O/c1-16-5-7-22-20(15-16)25-14-13-23-9-11-24(12-10-23)19-4-2-3-18-17(19)6-8-21-18/h2-4,6-8,15,20-21H,5,9-14H2,1H3. The molecule has 1 atom stereocenters. The molecule has 3 heterocycles. The number of aliphatic imine (C=N–C) groups is 1. The highest BCUT2D eigenvalue weighted by Gasteiger charge is 2.19. The number of allylic oxidation sites excluding steroid dienone is 1. The monoisotopic (exact) mass is 338 g/mol. The summed E-state index contributed by atoms with van der Waals surface area (Å²) in [5, 5.41) is 1.32. The average molecular weight is 338 g/mol. The fourth-order valence-corrected chi connectivity index (χ4v) is 3.61. The first kappa shape index (κ1) is 16.4. The lowest BCUT2D eigenvalue weighted by atomic mass is 10.1. The first-order valence-electron chi connectivity index (χ1n) is 9.13. The van der Waals surface area contributed by atoms with Crippen molar-refractivity contribution in [2.75, 3.05) is 44.2 Å². The van der Waals surface area contributed by atoms with Crippen LogP contribution in [-0.4, -0.2) is 61.7 Å². The summed E-state index contributed by atoms with van der Waals surface area (Å²) in [5.41, 5.74) is 3.89. The van der Waals surface area contributed by atoms with Crippen molar-refractivity contribution in [1.29, 1.82) is 0 Å². The fourth-order valence-electron chi connectivity index (χ4n) is 3.61. The molecule has 25 heavy (non-hydrogen) atoms. The van der Waals surface area contributed by atoms with Gasteiger partial charge in [0.15, 0.2) is 6.23 Å². The van der Waals surface area contributed by atoms with Gasteiger partial charge in [0, 0.05) is 68.1 Å². The van der Waals surface area contributed by atoms with Crippen LogP contribution in [0.1, 0.15) is 13.3 Å². The van der Waals surface area contributed by atoms with E-state index in [2.05, 4.69) is 57.0 Å². The number of rotatable bonds is 5. The topological polar surface area (TPSA) is 43.9 Å². The van der Waals surface area contributed by atoms with Crippen molar-refractivity contribution in [2.24, 2.45) is 4.99 Å². The van der Waals surface area contributed by atoms with E-state index < -0.39 is 0 Å². The molecule has 4 rings (SSSR count). The van der Waals surface area contributed by atoms with Crippen molar-refractivity contribution in [1.82, 2.24) is 9.88 Å². The van der Waals surface area contributed by atoms with Crippen LogP contribution < -0.4 is 4.90 Å². The minimum absolute atomic E-state index is 0.0822. The highest BCUT2D eigenvalue weighted by atomic mass is 16.5. The summed E-state index contributed by atoms with van der Waals surface area (Å²) in [6, 6.07) is 8.67. The molecule has 2 aliphatic rings. The van der Waals surface area contributed by atoms with Crippen molar-refractivity contribution in [3.8, 4) is 0 Å². The zero-order valence-electron chi connectivity index (χ0n) is 14.8. The molecule has 2 aromatic rings. The SMILES string of the molecule is CC1=CC(OCCN2CCN(c3cccc4[nH]ccc34)CC2)N=CC1. The van der Waals surface area contributed by atoms with Gasteiger partial charge in [-0.05, 0) is 31.2 Å². The lowest BCUT2D eigenvalue weighted by Gasteiger charge is -2.36. The van der Waals surface area contributed by atoms with Gasteiger partial charge in [-0.25, -0.2) is 0 Å². The number of aromatic amines is 1. The number of fused-ring (bicyclic) bond motifs is 1. The van der Waals surface area contributed by atoms with Gasteiger partial charge in [-0.15, -0.1) is 0 Å². The van der Waals surface area contributed by atoms with Gasteiger partial charge in [0.05, 0.1) is 6.61 Å². The van der Waals surface area contributed by atoms with Crippen LogP contribution in [0, 0.1) is 0 Å². The predicted molar refractivity (Wildman–Crippen MR) is 104 cm³/mol. The largest absolute Gasteiger partial charge is 0.368 e. The van der Waals surface area contributed by atoms with E-state index in [1.807, 2.05) is 12.4 Å². The maximum absolute atomic E-state index is 5.88. The van der Waals surface area contributed by atoms with Crippen molar-refractivity contribution >= 4 is 22.8 Å². The number of aromatic nitrogens is 1. The maximum atomic E-state index is 5.88. The van der Waals surface area contributed by atoms with Gasteiger partial charge in [0.1, 0.15) is 0 Å². The minimum Gasteiger partial charge on any atom is -0.368 e. The van der Waals surface area contributed by atoms with Gasteiger partial charge in [-0.2, -0.15) is 0 Å². The third kappa shape index (κ3) is 3.78. The number of H-pyrrole nitrogens is 1. The van der Waals surface area contributed by atoms with E-state index in [4.69, 9.17) is 4.74 Å². The third-order valence-corrected chi connectivity index (χ3v) is 5.07. The Labute approximate surface area is 149 Å². The Balaban J connectivity index is 1.27. The normalized spacial score (nSPS) is 21.7. The summed E-state index contributed by atoms with van der Waals surface area (Å²) in [6.45, 7) is 8.11. The van der Waals surface area contributed by atoms with Gasteiger partial charge in [-0.3, -0.25) is 9.89 Å². The fraction of sp³-hybridized carbons (Fsp3) is 0.450. The number of piperazine rings is 1. The second-order valence-electron chi connectivity index (χ2n) is 6.85. The second kappa shape index (κ2) is 7.42. The highest BCUT2D eigenvalue weighted by molar-refractivity contribution is 5.92. The van der Waals surface area contributed by atoms with Crippen LogP contribution >= 0.6 is 0 Å². The Hall–Kier alpha value is -2.11. The molecule has 0 radical (unpaired) electrons. The van der Waals surface area contributed by atoms with Crippen LogP contribution in [0.3, 0.4) is 0 Å². The average Bonchev–Trinajstić information content (AvgIpc) is 3.11. The van der Waals surface area contributed by atoms with Crippen molar-refractivity contribution in [3.05, 3.63) is 42.1 Å². The zero-order chi connectivity index (χ0) is 17.1. The first-order chi connectivity index (χ1) is 12.3. The summed E-state index contributed by atoms with van der Waals surface area (Å²) in [6.07, 6.45) is 6.97. The predicted octanol–water partition coefficient (Wildman–Crippen LogP) is 3.05. The van der Waals surface area contributed by atoms with E-state index >= 15 is 0 Å². The van der Waals surface area contributed by atoms with E-state index in [0.29, 0.717) is 0 Å². The number of nitrogens with one attached hydrogen (secondary N) is 1. The van der Waals surface area contributed by atoms with E-state index in [-0.39, 0.29) is 6.23 Å². The number of benzene rings is 1. The van der Waals surface area contributed by atoms with Gasteiger partial charge in [-0.1, -0.05) is 11.6 Å². The molecule has 0 saturated carbocycles. The molecule has 0 spiro atoms. The Kier molecular flexibility index (Phi) is 4.85. The summed E-state index contributed by atoms with van der Waals surface area (Å²) in [7, 11) is 0. The summed E-state index contributed by atoms with van der Waals surface area (Å²) < 4.78 is 5.88. The zero-order valence-corrected chi connectivity index (χ0v) is 14.8. The Morgan fingerprint density at radius 2 is 2.08 bits per heavy atom. The Morgan fingerprint density at radius 1 is 1.20 bits per heavy atom. The number of ether oxygens (including phenoxy) is 1. The minimum atomic E-state index is -0.0822. The molecular weight excluding hydrogens is 312 g/mol. The number of nitrogens with zero attached hydrogens (tertiary/aromatic N) is 3. The van der Waals surface area contributed by atoms with Crippen LogP contribution in [0.2, 0.25) is 0 Å². The Bertz CT molecular complexity index is 771. The molecule has 1 unspecified atom stereocenters. The van der Waals surface area contributed by atoms with E-state index in [9.17, 15) is 0 Å². The summed E-state index contributed by atoms with van der Waals surface area (Å²) in [5.74, 6) is 0. The maximum Gasteiger partial charge on any atom is 0.167 e. The second-order valence-corrected chi connectivity index (χ2v) is 6.85. The number of dihydropyridines is 1. The number of hydrogen-bond acceptors (Lipinski definition) is 4. The smallest absolute Gasteiger partial charge is 0.167 e. The summed E-state index contributed by atoms with van der Waals surface area (Å²) >= 11 is 0. The number of hydrogen-bond donors (Lipinski definition) is 1. The molecule has 1 aromatic carbocycles. The van der Waals surface area contributed by atoms with Gasteiger partial charge in [0.2, 0.25) is 0 Å². The molecule has 2 aliphatic heterocycles. The molecule has 0 bridgehead atoms. The molecule has 0 aliphatic carbocycles. The van der Waals surface area contributed by atoms with Crippen LogP contribution in [0.5, 0.6) is 0 Å². The van der Waals surface area contributed by atoms with Crippen molar-refractivity contribution < 1.29 is 4.74 Å². The molecule has 1 aromatic heterocycles. The Morgan fingerprint density at radius 3 is 2.92 bits per heavy atom.